The van der Waals surface area contributed by atoms with Crippen molar-refractivity contribution in [2.45, 2.75) is 24.7 Å². The van der Waals surface area contributed by atoms with Crippen molar-refractivity contribution in [3.63, 3.8) is 0 Å². The molecule has 5 nitrogen and oxygen atoms in total. The van der Waals surface area contributed by atoms with Gasteiger partial charge in [-0.15, -0.1) is 0 Å². The molecule has 7 heteroatoms. The zero-order valence-corrected chi connectivity index (χ0v) is 17.6. The first kappa shape index (κ1) is 20.9. The first-order valence-electron chi connectivity index (χ1n) is 9.04. The van der Waals surface area contributed by atoms with E-state index < -0.39 is 10.0 Å². The van der Waals surface area contributed by atoms with Gasteiger partial charge in [-0.2, -0.15) is 0 Å². The van der Waals surface area contributed by atoms with Crippen LogP contribution in [-0.4, -0.2) is 14.3 Å². The molecule has 29 heavy (non-hydrogen) atoms. The van der Waals surface area contributed by atoms with Crippen molar-refractivity contribution in [2.75, 3.05) is 10.0 Å². The van der Waals surface area contributed by atoms with E-state index in [9.17, 15) is 13.2 Å². The van der Waals surface area contributed by atoms with E-state index in [1.165, 1.54) is 0 Å². The molecule has 0 bridgehead atoms. The summed E-state index contributed by atoms with van der Waals surface area (Å²) in [5.74, 6) is 0.0253. The lowest BCUT2D eigenvalue weighted by atomic mass is 10.0. The maximum Gasteiger partial charge on any atom is 0.261 e. The van der Waals surface area contributed by atoms with Crippen molar-refractivity contribution in [3.8, 4) is 0 Å². The molecular formula is C22H21ClN2O3S. The fourth-order valence-electron chi connectivity index (χ4n) is 2.67. The molecule has 0 aliphatic rings. The molecule has 0 atom stereocenters. The summed E-state index contributed by atoms with van der Waals surface area (Å²) in [6.45, 7) is 4.10. The van der Waals surface area contributed by atoms with Crippen LogP contribution in [0.25, 0.3) is 0 Å². The van der Waals surface area contributed by atoms with Crippen LogP contribution in [0.1, 0.15) is 35.7 Å². The van der Waals surface area contributed by atoms with Crippen LogP contribution in [0.5, 0.6) is 0 Å². The fraction of sp³-hybridized carbons (Fsp3) is 0.136. The largest absolute Gasteiger partial charge is 0.322 e. The molecule has 1 amide bonds. The molecule has 3 aromatic rings. The third-order valence-corrected chi connectivity index (χ3v) is 6.01. The smallest absolute Gasteiger partial charge is 0.261 e. The molecule has 0 heterocycles. The summed E-state index contributed by atoms with van der Waals surface area (Å²) in [5.41, 5.74) is 2.47. The molecule has 0 spiro atoms. The van der Waals surface area contributed by atoms with Crippen molar-refractivity contribution in [1.82, 2.24) is 0 Å². The van der Waals surface area contributed by atoms with Crippen LogP contribution in [0, 0.1) is 0 Å². The standard InChI is InChI=1S/C22H21ClN2O3S/c1-15(2)16-5-13-21(14-6-16)29(27,28)25-20-9-3-17(4-10-20)22(26)24-19-11-7-18(23)8-12-19/h3-15,25H,1-2H3,(H,24,26). The number of sulfonamides is 1. The highest BCUT2D eigenvalue weighted by molar-refractivity contribution is 7.92. The van der Waals surface area contributed by atoms with E-state index in [0.717, 1.165) is 5.56 Å². The Morgan fingerprint density at radius 1 is 0.828 bits per heavy atom. The van der Waals surface area contributed by atoms with Crippen LogP contribution in [0.4, 0.5) is 11.4 Å². The SMILES string of the molecule is CC(C)c1ccc(S(=O)(=O)Nc2ccc(C(=O)Nc3ccc(Cl)cc3)cc2)cc1. The molecule has 0 aromatic heterocycles. The second kappa shape index (κ2) is 8.68. The second-order valence-corrected chi connectivity index (χ2v) is 8.99. The minimum absolute atomic E-state index is 0.187. The summed E-state index contributed by atoms with van der Waals surface area (Å²) >= 11 is 5.83. The number of nitrogens with one attached hydrogen (secondary N) is 2. The number of hydrogen-bond acceptors (Lipinski definition) is 3. The van der Waals surface area contributed by atoms with Crippen LogP contribution in [-0.2, 0) is 10.0 Å². The van der Waals surface area contributed by atoms with Gasteiger partial charge in [-0.25, -0.2) is 8.42 Å². The molecule has 3 rings (SSSR count). The Bertz CT molecular complexity index is 1090. The number of hydrogen-bond donors (Lipinski definition) is 2. The van der Waals surface area contributed by atoms with E-state index in [-0.39, 0.29) is 10.8 Å². The van der Waals surface area contributed by atoms with Gasteiger partial charge in [-0.05, 0) is 72.1 Å². The monoisotopic (exact) mass is 428 g/mol. The average Bonchev–Trinajstić information content (AvgIpc) is 2.70. The molecule has 150 valence electrons. The Kier molecular flexibility index (Phi) is 6.25. The van der Waals surface area contributed by atoms with E-state index >= 15 is 0 Å². The molecule has 0 radical (unpaired) electrons. The topological polar surface area (TPSA) is 75.3 Å². The van der Waals surface area contributed by atoms with Gasteiger partial charge < -0.3 is 5.32 Å². The Hall–Kier alpha value is -2.83. The van der Waals surface area contributed by atoms with Crippen LogP contribution in [0.2, 0.25) is 5.02 Å². The quantitative estimate of drug-likeness (QED) is 0.543. The normalized spacial score (nSPS) is 11.3. The van der Waals surface area contributed by atoms with Crippen molar-refractivity contribution >= 4 is 38.9 Å². The van der Waals surface area contributed by atoms with Gasteiger partial charge in [0.15, 0.2) is 0 Å². The number of benzene rings is 3. The van der Waals surface area contributed by atoms with E-state index in [1.54, 1.807) is 60.7 Å². The molecule has 0 unspecified atom stereocenters. The Morgan fingerprint density at radius 3 is 1.93 bits per heavy atom. The third kappa shape index (κ3) is 5.37. The first-order chi connectivity index (χ1) is 13.7. The van der Waals surface area contributed by atoms with E-state index in [0.29, 0.717) is 27.9 Å². The van der Waals surface area contributed by atoms with Crippen molar-refractivity contribution < 1.29 is 13.2 Å². The van der Waals surface area contributed by atoms with Gasteiger partial charge in [0, 0.05) is 22.0 Å². The van der Waals surface area contributed by atoms with Gasteiger partial charge in [0.25, 0.3) is 15.9 Å². The first-order valence-corrected chi connectivity index (χ1v) is 10.9. The second-order valence-electron chi connectivity index (χ2n) is 6.87. The van der Waals surface area contributed by atoms with Gasteiger partial charge in [-0.3, -0.25) is 9.52 Å². The summed E-state index contributed by atoms with van der Waals surface area (Å²) in [5, 5.41) is 3.34. The summed E-state index contributed by atoms with van der Waals surface area (Å²) in [6, 6.07) is 19.8. The fourth-order valence-corrected chi connectivity index (χ4v) is 3.86. The lowest BCUT2D eigenvalue weighted by Gasteiger charge is -2.11. The van der Waals surface area contributed by atoms with Crippen LogP contribution in [0.15, 0.2) is 77.7 Å². The van der Waals surface area contributed by atoms with E-state index in [2.05, 4.69) is 10.0 Å². The van der Waals surface area contributed by atoms with E-state index in [4.69, 9.17) is 11.6 Å². The Balaban J connectivity index is 1.69. The highest BCUT2D eigenvalue weighted by atomic mass is 35.5. The van der Waals surface area contributed by atoms with Crippen LogP contribution >= 0.6 is 11.6 Å². The minimum atomic E-state index is -3.70. The summed E-state index contributed by atoms with van der Waals surface area (Å²) < 4.78 is 27.7. The highest BCUT2D eigenvalue weighted by Crippen LogP contribution is 2.21. The van der Waals surface area contributed by atoms with Gasteiger partial charge in [0.1, 0.15) is 0 Å². The molecule has 3 aromatic carbocycles. The lowest BCUT2D eigenvalue weighted by molar-refractivity contribution is 0.102. The predicted octanol–water partition coefficient (Wildman–Crippen LogP) is 5.52. The number of halogens is 1. The van der Waals surface area contributed by atoms with Crippen molar-refractivity contribution in [2.24, 2.45) is 0 Å². The third-order valence-electron chi connectivity index (χ3n) is 4.36. The molecule has 0 saturated heterocycles. The highest BCUT2D eigenvalue weighted by Gasteiger charge is 2.15. The van der Waals surface area contributed by atoms with Gasteiger partial charge in [0.2, 0.25) is 0 Å². The molecule has 0 fully saturated rings. The van der Waals surface area contributed by atoms with Gasteiger partial charge in [-0.1, -0.05) is 37.6 Å². The summed E-state index contributed by atoms with van der Waals surface area (Å²) in [4.78, 5) is 12.5. The molecule has 0 aliphatic carbocycles. The van der Waals surface area contributed by atoms with Crippen LogP contribution < -0.4 is 10.0 Å². The summed E-state index contributed by atoms with van der Waals surface area (Å²) in [7, 11) is -3.70. The number of carbonyl (C=O) groups is 1. The predicted molar refractivity (Wildman–Crippen MR) is 117 cm³/mol. The zero-order valence-electron chi connectivity index (χ0n) is 16.0. The van der Waals surface area contributed by atoms with Crippen molar-refractivity contribution in [1.29, 1.82) is 0 Å². The van der Waals surface area contributed by atoms with Gasteiger partial charge in [0.05, 0.1) is 4.90 Å². The molecule has 0 aliphatic heterocycles. The van der Waals surface area contributed by atoms with E-state index in [1.807, 2.05) is 26.0 Å². The van der Waals surface area contributed by atoms with Crippen LogP contribution in [0.3, 0.4) is 0 Å². The molecule has 2 N–H and O–H groups in total. The number of anilines is 2. The molecule has 0 saturated carbocycles. The Morgan fingerprint density at radius 2 is 1.38 bits per heavy atom. The number of amides is 1. The van der Waals surface area contributed by atoms with Gasteiger partial charge >= 0.3 is 0 Å². The summed E-state index contributed by atoms with van der Waals surface area (Å²) in [6.07, 6.45) is 0. The van der Waals surface area contributed by atoms with Crippen molar-refractivity contribution in [3.05, 3.63) is 88.9 Å². The number of rotatable bonds is 6. The maximum atomic E-state index is 12.6. The Labute approximate surface area is 175 Å². The lowest BCUT2D eigenvalue weighted by Crippen LogP contribution is -2.14. The minimum Gasteiger partial charge on any atom is -0.322 e. The average molecular weight is 429 g/mol. The maximum absolute atomic E-state index is 12.6. The number of carbonyl (C=O) groups excluding carboxylic acids is 1. The zero-order chi connectivity index (χ0) is 21.0. The molecular weight excluding hydrogens is 408 g/mol.